The minimum atomic E-state index is -0.778. The molecular weight excluding hydrogens is 490 g/mol. The number of imide groups is 2. The second-order valence-corrected chi connectivity index (χ2v) is 8.82. The number of benzene rings is 2. The van der Waals surface area contributed by atoms with Crippen LogP contribution in [-0.2, 0) is 16.2 Å². The Morgan fingerprint density at radius 2 is 1.92 bits per heavy atom. The number of urea groups is 1. The zero-order valence-electron chi connectivity index (χ0n) is 19.5. The number of barbiturate groups is 1. The van der Waals surface area contributed by atoms with Crippen LogP contribution in [0.2, 0.25) is 5.02 Å². The molecule has 0 unspecified atom stereocenters. The number of nitrogens with zero attached hydrogens (tertiary/aromatic N) is 2. The molecule has 11 heteroatoms. The van der Waals surface area contributed by atoms with E-state index in [1.807, 2.05) is 0 Å². The minimum absolute atomic E-state index is 0.00125. The first kappa shape index (κ1) is 25.2. The van der Waals surface area contributed by atoms with Crippen molar-refractivity contribution < 1.29 is 28.8 Å². The lowest BCUT2D eigenvalue weighted by molar-refractivity contribution is -0.384. The van der Waals surface area contributed by atoms with E-state index in [0.29, 0.717) is 24.0 Å². The lowest BCUT2D eigenvalue weighted by Crippen LogP contribution is -2.57. The van der Waals surface area contributed by atoms with Crippen molar-refractivity contribution in [3.63, 3.8) is 0 Å². The molecule has 2 aromatic rings. The number of nitrogens with one attached hydrogen (secondary N) is 1. The zero-order valence-corrected chi connectivity index (χ0v) is 20.2. The van der Waals surface area contributed by atoms with Crippen LogP contribution in [0.1, 0.15) is 43.7 Å². The summed E-state index contributed by atoms with van der Waals surface area (Å²) in [5, 5.41) is 13.4. The largest absolute Gasteiger partial charge is 0.490 e. The third-order valence-corrected chi connectivity index (χ3v) is 6.25. The van der Waals surface area contributed by atoms with Gasteiger partial charge < -0.3 is 9.47 Å². The number of rotatable bonds is 8. The van der Waals surface area contributed by atoms with Crippen molar-refractivity contribution in [1.29, 1.82) is 0 Å². The van der Waals surface area contributed by atoms with Gasteiger partial charge in [0.15, 0.2) is 11.5 Å². The van der Waals surface area contributed by atoms with Gasteiger partial charge in [0.2, 0.25) is 0 Å². The number of halogens is 1. The van der Waals surface area contributed by atoms with Crippen LogP contribution in [0.4, 0.5) is 10.5 Å². The fourth-order valence-electron chi connectivity index (χ4n) is 4.32. The molecule has 1 aliphatic heterocycles. The Morgan fingerprint density at radius 3 is 2.61 bits per heavy atom. The van der Waals surface area contributed by atoms with Crippen molar-refractivity contribution in [2.75, 3.05) is 6.61 Å². The van der Waals surface area contributed by atoms with Crippen LogP contribution in [0.3, 0.4) is 0 Å². The summed E-state index contributed by atoms with van der Waals surface area (Å²) in [5.41, 5.74) is 0.737. The van der Waals surface area contributed by atoms with E-state index in [-0.39, 0.29) is 47.0 Å². The van der Waals surface area contributed by atoms with E-state index in [0.717, 1.165) is 17.7 Å². The monoisotopic (exact) mass is 513 g/mol. The molecule has 0 bridgehead atoms. The average Bonchev–Trinajstić information content (AvgIpc) is 3.36. The number of ether oxygens (including phenoxy) is 2. The van der Waals surface area contributed by atoms with Gasteiger partial charge in [-0.2, -0.15) is 0 Å². The van der Waals surface area contributed by atoms with Gasteiger partial charge in [-0.05, 0) is 49.1 Å². The van der Waals surface area contributed by atoms with Gasteiger partial charge in [0.05, 0.1) is 16.6 Å². The van der Waals surface area contributed by atoms with Gasteiger partial charge >= 0.3 is 6.03 Å². The molecule has 0 spiro atoms. The SMILES string of the molecule is CCOc1cc(/C=C2\C(=O)NC(=O)N(C3CCCC3)C2=O)cc(Cl)c1OCc1cccc([N+](=O)[O-])c1. The molecule has 1 saturated carbocycles. The predicted molar refractivity (Wildman–Crippen MR) is 131 cm³/mol. The van der Waals surface area contributed by atoms with Crippen molar-refractivity contribution in [2.45, 2.75) is 45.3 Å². The van der Waals surface area contributed by atoms with Crippen LogP contribution in [0, 0.1) is 10.1 Å². The topological polar surface area (TPSA) is 128 Å². The first-order valence-corrected chi connectivity index (χ1v) is 11.9. The number of non-ortho nitro benzene ring substituents is 1. The Hall–Kier alpha value is -3.92. The summed E-state index contributed by atoms with van der Waals surface area (Å²) in [6, 6.07) is 8.17. The summed E-state index contributed by atoms with van der Waals surface area (Å²) < 4.78 is 11.5. The standard InChI is InChI=1S/C25H24ClN3O7/c1-2-35-21-13-16(11-19-23(30)27-25(32)28(24(19)31)17-7-3-4-8-17)12-20(26)22(21)36-14-15-6-5-9-18(10-15)29(33)34/h5-6,9-13,17H,2-4,7-8,14H2,1H3,(H,27,30,32)/b19-11+. The van der Waals surface area contributed by atoms with E-state index in [2.05, 4.69) is 5.32 Å². The first-order chi connectivity index (χ1) is 17.3. The van der Waals surface area contributed by atoms with Crippen molar-refractivity contribution in [1.82, 2.24) is 10.2 Å². The molecule has 2 aliphatic rings. The maximum absolute atomic E-state index is 13.1. The molecule has 0 atom stereocenters. The highest BCUT2D eigenvalue weighted by molar-refractivity contribution is 6.33. The molecule has 1 heterocycles. The van der Waals surface area contributed by atoms with Crippen LogP contribution in [0.5, 0.6) is 11.5 Å². The molecule has 1 aliphatic carbocycles. The van der Waals surface area contributed by atoms with Gasteiger partial charge in [-0.1, -0.05) is 36.6 Å². The van der Waals surface area contributed by atoms with E-state index in [9.17, 15) is 24.5 Å². The quantitative estimate of drug-likeness (QED) is 0.236. The summed E-state index contributed by atoms with van der Waals surface area (Å²) in [5.74, 6) is -0.931. The van der Waals surface area contributed by atoms with Crippen LogP contribution < -0.4 is 14.8 Å². The number of carbonyl (C=O) groups excluding carboxylic acids is 3. The van der Waals surface area contributed by atoms with Crippen molar-refractivity contribution in [3.05, 3.63) is 68.2 Å². The Balaban J connectivity index is 1.61. The maximum Gasteiger partial charge on any atom is 0.331 e. The van der Waals surface area contributed by atoms with Gasteiger partial charge in [0, 0.05) is 18.2 Å². The molecule has 2 aromatic carbocycles. The van der Waals surface area contributed by atoms with Gasteiger partial charge in [-0.3, -0.25) is 29.9 Å². The Labute approximate surface area is 212 Å². The molecule has 1 saturated heterocycles. The van der Waals surface area contributed by atoms with Gasteiger partial charge in [-0.25, -0.2) is 4.79 Å². The fourth-order valence-corrected chi connectivity index (χ4v) is 4.60. The normalized spacial score (nSPS) is 17.4. The van der Waals surface area contributed by atoms with Crippen LogP contribution in [0.25, 0.3) is 6.08 Å². The molecular formula is C25H24ClN3O7. The first-order valence-electron chi connectivity index (χ1n) is 11.5. The van der Waals surface area contributed by atoms with Crippen molar-refractivity contribution in [3.8, 4) is 11.5 Å². The highest BCUT2D eigenvalue weighted by Gasteiger charge is 2.40. The van der Waals surface area contributed by atoms with E-state index >= 15 is 0 Å². The smallest absolute Gasteiger partial charge is 0.331 e. The van der Waals surface area contributed by atoms with Gasteiger partial charge in [0.1, 0.15) is 12.2 Å². The van der Waals surface area contributed by atoms with Crippen LogP contribution in [0.15, 0.2) is 42.0 Å². The second kappa shape index (κ2) is 10.8. The Morgan fingerprint density at radius 1 is 1.17 bits per heavy atom. The van der Waals surface area contributed by atoms with Gasteiger partial charge in [0.25, 0.3) is 17.5 Å². The predicted octanol–water partition coefficient (Wildman–Crippen LogP) is 4.63. The Kier molecular flexibility index (Phi) is 7.54. The highest BCUT2D eigenvalue weighted by Crippen LogP contribution is 2.38. The summed E-state index contributed by atoms with van der Waals surface area (Å²) >= 11 is 6.47. The number of carbonyl (C=O) groups is 3. The number of hydrogen-bond donors (Lipinski definition) is 1. The maximum atomic E-state index is 13.1. The summed E-state index contributed by atoms with van der Waals surface area (Å²) in [7, 11) is 0. The zero-order chi connectivity index (χ0) is 25.8. The molecule has 1 N–H and O–H groups in total. The van der Waals surface area contributed by atoms with E-state index in [1.54, 1.807) is 25.1 Å². The molecule has 2 fully saturated rings. The van der Waals surface area contributed by atoms with E-state index in [4.69, 9.17) is 21.1 Å². The second-order valence-electron chi connectivity index (χ2n) is 8.41. The minimum Gasteiger partial charge on any atom is -0.490 e. The number of amides is 4. The van der Waals surface area contributed by atoms with Gasteiger partial charge in [-0.15, -0.1) is 0 Å². The third-order valence-electron chi connectivity index (χ3n) is 5.97. The average molecular weight is 514 g/mol. The summed E-state index contributed by atoms with van der Waals surface area (Å²) in [4.78, 5) is 49.6. The third kappa shape index (κ3) is 5.33. The van der Waals surface area contributed by atoms with E-state index in [1.165, 1.54) is 24.3 Å². The molecule has 10 nitrogen and oxygen atoms in total. The number of nitro groups is 1. The van der Waals surface area contributed by atoms with Crippen molar-refractivity contribution in [2.24, 2.45) is 0 Å². The molecule has 36 heavy (non-hydrogen) atoms. The molecule has 0 radical (unpaired) electrons. The molecule has 4 rings (SSSR count). The van der Waals surface area contributed by atoms with Crippen LogP contribution in [-0.4, -0.2) is 40.3 Å². The Bertz CT molecular complexity index is 1250. The fraction of sp³-hybridized carbons (Fsp3) is 0.320. The summed E-state index contributed by atoms with van der Waals surface area (Å²) in [6.07, 6.45) is 4.61. The number of nitro benzene ring substituents is 1. The highest BCUT2D eigenvalue weighted by atomic mass is 35.5. The molecule has 0 aromatic heterocycles. The lowest BCUT2D eigenvalue weighted by atomic mass is 10.0. The van der Waals surface area contributed by atoms with Crippen LogP contribution >= 0.6 is 11.6 Å². The lowest BCUT2D eigenvalue weighted by Gasteiger charge is -2.31. The molecule has 4 amide bonds. The van der Waals surface area contributed by atoms with Crippen molar-refractivity contribution >= 4 is 41.2 Å². The molecule has 188 valence electrons. The van der Waals surface area contributed by atoms with E-state index < -0.39 is 22.8 Å². The summed E-state index contributed by atoms with van der Waals surface area (Å²) in [6.45, 7) is 2.06. The number of hydrogen-bond acceptors (Lipinski definition) is 7.